The number of alkyl halides is 1. The summed E-state index contributed by atoms with van der Waals surface area (Å²) in [7, 11) is 0. The SMILES string of the molecule is O=C(O[C@@H]1CN2CCC1CC2)[C@@](O)(c1ccccc1)c1ccc(CF)cc1. The molecule has 2 aromatic carbocycles. The number of ether oxygens (including phenoxy) is 1. The fraction of sp³-hybridized carbons (Fsp3) is 0.409. The zero-order chi connectivity index (χ0) is 18.9. The molecule has 3 aliphatic heterocycles. The Balaban J connectivity index is 1.66. The first-order chi connectivity index (χ1) is 13.1. The van der Waals surface area contributed by atoms with E-state index >= 15 is 0 Å². The summed E-state index contributed by atoms with van der Waals surface area (Å²) in [5.41, 5.74) is -0.580. The number of fused-ring (bicyclic) bond motifs is 3. The predicted molar refractivity (Wildman–Crippen MR) is 99.7 cm³/mol. The van der Waals surface area contributed by atoms with Crippen LogP contribution in [0.1, 0.15) is 29.5 Å². The van der Waals surface area contributed by atoms with Crippen LogP contribution in [0, 0.1) is 5.92 Å². The van der Waals surface area contributed by atoms with Crippen molar-refractivity contribution >= 4 is 5.97 Å². The number of carbonyl (C=O) groups excluding carboxylic acids is 1. The summed E-state index contributed by atoms with van der Waals surface area (Å²) in [6.45, 7) is 2.23. The second-order valence-corrected chi connectivity index (χ2v) is 7.49. The monoisotopic (exact) mass is 369 g/mol. The molecule has 0 amide bonds. The molecule has 0 aromatic heterocycles. The Hall–Kier alpha value is -2.24. The van der Waals surface area contributed by atoms with E-state index in [0.717, 1.165) is 32.5 Å². The summed E-state index contributed by atoms with van der Waals surface area (Å²) in [5, 5.41) is 11.5. The van der Waals surface area contributed by atoms with Crippen molar-refractivity contribution in [2.75, 3.05) is 19.6 Å². The molecule has 1 N–H and O–H groups in total. The van der Waals surface area contributed by atoms with Crippen molar-refractivity contribution in [3.05, 3.63) is 71.3 Å². The molecule has 142 valence electrons. The summed E-state index contributed by atoms with van der Waals surface area (Å²) >= 11 is 0. The van der Waals surface area contributed by atoms with Crippen LogP contribution < -0.4 is 0 Å². The second kappa shape index (κ2) is 7.41. The summed E-state index contributed by atoms with van der Waals surface area (Å²) in [6, 6.07) is 15.2. The summed E-state index contributed by atoms with van der Waals surface area (Å²) < 4.78 is 18.7. The molecule has 5 rings (SSSR count). The zero-order valence-corrected chi connectivity index (χ0v) is 15.2. The molecular weight excluding hydrogens is 345 g/mol. The maximum absolute atomic E-state index is 13.2. The molecule has 27 heavy (non-hydrogen) atoms. The first kappa shape index (κ1) is 18.1. The van der Waals surface area contributed by atoms with Gasteiger partial charge in [-0.3, -0.25) is 4.90 Å². The smallest absolute Gasteiger partial charge is 0.348 e. The maximum Gasteiger partial charge on any atom is 0.348 e. The van der Waals surface area contributed by atoms with E-state index in [-0.39, 0.29) is 6.10 Å². The van der Waals surface area contributed by atoms with Crippen molar-refractivity contribution in [1.82, 2.24) is 4.90 Å². The van der Waals surface area contributed by atoms with Crippen molar-refractivity contribution in [1.29, 1.82) is 0 Å². The van der Waals surface area contributed by atoms with Gasteiger partial charge in [0.15, 0.2) is 0 Å². The van der Waals surface area contributed by atoms with Crippen LogP contribution in [0.3, 0.4) is 0 Å². The average molecular weight is 369 g/mol. The van der Waals surface area contributed by atoms with Crippen LogP contribution in [0.15, 0.2) is 54.6 Å². The fourth-order valence-electron chi connectivity index (χ4n) is 4.18. The van der Waals surface area contributed by atoms with Gasteiger partial charge in [0.2, 0.25) is 5.60 Å². The van der Waals surface area contributed by atoms with Crippen molar-refractivity contribution in [2.24, 2.45) is 5.92 Å². The van der Waals surface area contributed by atoms with Crippen molar-refractivity contribution in [2.45, 2.75) is 31.2 Å². The maximum atomic E-state index is 13.2. The molecule has 0 aliphatic carbocycles. The Morgan fingerprint density at radius 1 is 1.07 bits per heavy atom. The number of aliphatic hydroxyl groups is 1. The van der Waals surface area contributed by atoms with Gasteiger partial charge in [-0.25, -0.2) is 9.18 Å². The minimum atomic E-state index is -1.91. The molecule has 5 heteroatoms. The molecule has 0 radical (unpaired) electrons. The van der Waals surface area contributed by atoms with E-state index < -0.39 is 18.2 Å². The Morgan fingerprint density at radius 2 is 1.70 bits per heavy atom. The number of carbonyl (C=O) groups is 1. The predicted octanol–water partition coefficient (Wildman–Crippen LogP) is 3.03. The molecule has 3 fully saturated rings. The van der Waals surface area contributed by atoms with E-state index in [2.05, 4.69) is 4.90 Å². The quantitative estimate of drug-likeness (QED) is 0.823. The lowest BCUT2D eigenvalue weighted by Gasteiger charge is -2.44. The van der Waals surface area contributed by atoms with Gasteiger partial charge in [0.1, 0.15) is 12.8 Å². The molecule has 2 aromatic rings. The molecule has 0 unspecified atom stereocenters. The van der Waals surface area contributed by atoms with Gasteiger partial charge < -0.3 is 9.84 Å². The van der Waals surface area contributed by atoms with E-state index in [4.69, 9.17) is 4.74 Å². The van der Waals surface area contributed by atoms with Crippen molar-refractivity contribution < 1.29 is 19.0 Å². The highest BCUT2D eigenvalue weighted by atomic mass is 19.1. The number of piperidine rings is 3. The van der Waals surface area contributed by atoms with Gasteiger partial charge in [0.25, 0.3) is 0 Å². The summed E-state index contributed by atoms with van der Waals surface area (Å²) in [6.07, 6.45) is 1.85. The van der Waals surface area contributed by atoms with Gasteiger partial charge in [-0.05, 0) is 48.5 Å². The summed E-state index contributed by atoms with van der Waals surface area (Å²) in [5.74, 6) is -0.312. The molecule has 2 bridgehead atoms. The van der Waals surface area contributed by atoms with Crippen molar-refractivity contribution in [3.8, 4) is 0 Å². The van der Waals surface area contributed by atoms with E-state index in [1.807, 2.05) is 6.07 Å². The number of benzene rings is 2. The normalized spacial score (nSPS) is 26.4. The zero-order valence-electron chi connectivity index (χ0n) is 15.2. The van der Waals surface area contributed by atoms with Gasteiger partial charge in [0.05, 0.1) is 0 Å². The number of rotatable bonds is 5. The lowest BCUT2D eigenvalue weighted by molar-refractivity contribution is -0.177. The van der Waals surface area contributed by atoms with Gasteiger partial charge in [-0.15, -0.1) is 0 Å². The van der Waals surface area contributed by atoms with Gasteiger partial charge in [0, 0.05) is 6.54 Å². The largest absolute Gasteiger partial charge is 0.458 e. The van der Waals surface area contributed by atoms with Crippen molar-refractivity contribution in [3.63, 3.8) is 0 Å². The number of hydrogen-bond acceptors (Lipinski definition) is 4. The fourth-order valence-corrected chi connectivity index (χ4v) is 4.18. The lowest BCUT2D eigenvalue weighted by atomic mass is 9.84. The Kier molecular flexibility index (Phi) is 4.98. The molecule has 4 nitrogen and oxygen atoms in total. The highest BCUT2D eigenvalue weighted by molar-refractivity contribution is 5.85. The Bertz CT molecular complexity index is 787. The highest BCUT2D eigenvalue weighted by Crippen LogP contribution is 2.35. The first-order valence-corrected chi connectivity index (χ1v) is 9.48. The summed E-state index contributed by atoms with van der Waals surface area (Å²) in [4.78, 5) is 15.5. The van der Waals surface area contributed by atoms with Gasteiger partial charge in [-0.2, -0.15) is 0 Å². The molecule has 3 saturated heterocycles. The van der Waals surface area contributed by atoms with Crippen LogP contribution >= 0.6 is 0 Å². The van der Waals surface area contributed by atoms with Crippen LogP contribution in [-0.4, -0.2) is 41.7 Å². The topological polar surface area (TPSA) is 49.8 Å². The number of hydrogen-bond donors (Lipinski definition) is 1. The van der Waals surface area contributed by atoms with E-state index in [9.17, 15) is 14.3 Å². The van der Waals surface area contributed by atoms with Crippen LogP contribution in [0.25, 0.3) is 0 Å². The lowest BCUT2D eigenvalue weighted by Crippen LogP contribution is -2.53. The Morgan fingerprint density at radius 3 is 2.26 bits per heavy atom. The third-order valence-electron chi connectivity index (χ3n) is 5.87. The van der Waals surface area contributed by atoms with Crippen LogP contribution in [0.5, 0.6) is 0 Å². The minimum Gasteiger partial charge on any atom is -0.458 e. The minimum absolute atomic E-state index is 0.194. The van der Waals surface area contributed by atoms with E-state index in [0.29, 0.717) is 22.6 Å². The number of esters is 1. The van der Waals surface area contributed by atoms with Crippen LogP contribution in [-0.2, 0) is 21.8 Å². The number of halogens is 1. The first-order valence-electron chi connectivity index (χ1n) is 9.48. The molecule has 3 heterocycles. The third-order valence-corrected chi connectivity index (χ3v) is 5.87. The van der Waals surface area contributed by atoms with Crippen LogP contribution in [0.4, 0.5) is 4.39 Å². The second-order valence-electron chi connectivity index (χ2n) is 7.49. The van der Waals surface area contributed by atoms with E-state index in [1.54, 1.807) is 48.5 Å². The third kappa shape index (κ3) is 3.37. The Labute approximate surface area is 158 Å². The van der Waals surface area contributed by atoms with Crippen LogP contribution in [0.2, 0.25) is 0 Å². The standard InChI is InChI=1S/C22H24FNO3/c23-14-16-6-8-19(9-7-16)22(26,18-4-2-1-3-5-18)21(25)27-20-15-24-12-10-17(20)11-13-24/h1-9,17,20,26H,10-15H2/t20-,22-/m1/s1. The highest BCUT2D eigenvalue weighted by Gasteiger charge is 2.45. The van der Waals surface area contributed by atoms with Gasteiger partial charge in [-0.1, -0.05) is 54.6 Å². The average Bonchev–Trinajstić information content (AvgIpc) is 2.74. The molecule has 3 aliphatic rings. The molecular formula is C22H24FNO3. The number of nitrogens with zero attached hydrogens (tertiary/aromatic N) is 1. The molecule has 2 atom stereocenters. The van der Waals surface area contributed by atoms with Gasteiger partial charge >= 0.3 is 5.97 Å². The van der Waals surface area contributed by atoms with E-state index in [1.165, 1.54) is 0 Å². The molecule has 0 spiro atoms. The molecule has 0 saturated carbocycles.